The first kappa shape index (κ1) is 27.4. The fourth-order valence-electron chi connectivity index (χ4n) is 3.99. The predicted octanol–water partition coefficient (Wildman–Crippen LogP) is 5.90. The van der Waals surface area contributed by atoms with Crippen LogP contribution in [0.1, 0.15) is 49.1 Å². The molecule has 0 saturated heterocycles. The monoisotopic (exact) mass is 592 g/mol. The highest BCUT2D eigenvalue weighted by atomic mass is 35.5. The summed E-state index contributed by atoms with van der Waals surface area (Å²) in [5.74, 6) is -1.46. The number of anilines is 1. The molecule has 15 heteroatoms. The van der Waals surface area contributed by atoms with Crippen molar-refractivity contribution < 1.29 is 31.9 Å². The molecule has 4 aromatic rings. The summed E-state index contributed by atoms with van der Waals surface area (Å²) in [6, 6.07) is 5.28. The normalized spacial score (nSPS) is 12.7. The summed E-state index contributed by atoms with van der Waals surface area (Å²) >= 11 is 7.20. The number of pyridine rings is 3. The zero-order chi connectivity index (χ0) is 28.6. The Balaban J connectivity index is 1.34. The second-order valence-electron chi connectivity index (χ2n) is 8.54. The number of ether oxygens (including phenoxy) is 1. The van der Waals surface area contributed by atoms with E-state index in [9.17, 15) is 27.2 Å². The molecule has 0 fully saturated rings. The second-order valence-corrected chi connectivity index (χ2v) is 10.1. The van der Waals surface area contributed by atoms with Crippen LogP contribution in [0.25, 0.3) is 11.1 Å². The van der Waals surface area contributed by atoms with Crippen LogP contribution in [-0.4, -0.2) is 43.3 Å². The highest BCUT2D eigenvalue weighted by molar-refractivity contribution is 7.16. The van der Waals surface area contributed by atoms with Crippen molar-refractivity contribution in [1.82, 2.24) is 24.8 Å². The summed E-state index contributed by atoms with van der Waals surface area (Å²) in [4.78, 5) is 44.4. The van der Waals surface area contributed by atoms with E-state index in [0.29, 0.717) is 11.4 Å². The molecule has 0 atom stereocenters. The average molecular weight is 593 g/mol. The van der Waals surface area contributed by atoms with Crippen LogP contribution in [0.3, 0.4) is 0 Å². The summed E-state index contributed by atoms with van der Waals surface area (Å²) in [5, 5.41) is 3.08. The molecule has 0 unspecified atom stereocenters. The number of carbonyl (C=O) groups excluding carboxylic acids is 2. The van der Waals surface area contributed by atoms with Gasteiger partial charge in [-0.3, -0.25) is 24.9 Å². The molecule has 9 nitrogen and oxygen atoms in total. The Hall–Kier alpha value is -4.17. The molecule has 206 valence electrons. The Kier molecular flexibility index (Phi) is 7.63. The minimum absolute atomic E-state index is 0.0261. The number of aryl methyl sites for hydroxylation is 1. The summed E-state index contributed by atoms with van der Waals surface area (Å²) < 4.78 is 56.0. The third-order valence-electron chi connectivity index (χ3n) is 5.81. The van der Waals surface area contributed by atoms with Gasteiger partial charge in [0.1, 0.15) is 5.69 Å². The lowest BCUT2D eigenvalue weighted by atomic mass is 10.0. The number of fused-ring (bicyclic) bond motifs is 1. The minimum Gasteiger partial charge on any atom is -0.416 e. The molecule has 4 aromatic heterocycles. The Morgan fingerprint density at radius 3 is 2.52 bits per heavy atom. The molecule has 5 rings (SSSR count). The van der Waals surface area contributed by atoms with Crippen LogP contribution in [0.15, 0.2) is 42.9 Å². The summed E-state index contributed by atoms with van der Waals surface area (Å²) in [6.07, 6.45) is 0.721. The van der Waals surface area contributed by atoms with Crippen LogP contribution >= 0.6 is 22.9 Å². The van der Waals surface area contributed by atoms with Gasteiger partial charge in [0.15, 0.2) is 5.13 Å². The number of rotatable bonds is 7. The van der Waals surface area contributed by atoms with E-state index in [1.54, 1.807) is 6.92 Å². The Morgan fingerprint density at radius 2 is 1.85 bits per heavy atom. The Bertz CT molecular complexity index is 1580. The van der Waals surface area contributed by atoms with Crippen LogP contribution in [-0.2, 0) is 13.1 Å². The van der Waals surface area contributed by atoms with Gasteiger partial charge in [-0.25, -0.2) is 18.7 Å². The first-order valence-corrected chi connectivity index (χ1v) is 12.7. The van der Waals surface area contributed by atoms with E-state index in [2.05, 4.69) is 30.0 Å². The van der Waals surface area contributed by atoms with Crippen molar-refractivity contribution in [3.63, 3.8) is 0 Å². The van der Waals surface area contributed by atoms with Gasteiger partial charge in [-0.2, -0.15) is 8.78 Å². The van der Waals surface area contributed by atoms with Crippen molar-refractivity contribution in [3.8, 4) is 17.0 Å². The molecule has 1 N–H and O–H groups in total. The van der Waals surface area contributed by atoms with Crippen molar-refractivity contribution in [2.75, 3.05) is 5.32 Å². The molecule has 0 aromatic carbocycles. The third kappa shape index (κ3) is 5.72. The maximum atomic E-state index is 13.2. The number of nitrogens with zero attached hydrogens (tertiary/aromatic N) is 5. The number of halogens is 5. The van der Waals surface area contributed by atoms with Crippen molar-refractivity contribution in [1.29, 1.82) is 0 Å². The molecule has 0 aliphatic carbocycles. The van der Waals surface area contributed by atoms with Gasteiger partial charge in [-0.05, 0) is 31.2 Å². The van der Waals surface area contributed by atoms with Gasteiger partial charge in [0.25, 0.3) is 18.2 Å². The van der Waals surface area contributed by atoms with Crippen LogP contribution in [0, 0.1) is 6.92 Å². The molecule has 40 heavy (non-hydrogen) atoms. The largest absolute Gasteiger partial charge is 0.416 e. The quantitative estimate of drug-likeness (QED) is 0.266. The number of amides is 2. The third-order valence-corrected chi connectivity index (χ3v) is 7.02. The van der Waals surface area contributed by atoms with Crippen molar-refractivity contribution in [2.45, 2.75) is 33.1 Å². The molecule has 1 aliphatic rings. The van der Waals surface area contributed by atoms with E-state index in [1.807, 2.05) is 0 Å². The number of hydrogen-bond donors (Lipinski definition) is 1. The van der Waals surface area contributed by atoms with Crippen LogP contribution in [0.4, 0.5) is 22.7 Å². The van der Waals surface area contributed by atoms with Gasteiger partial charge in [0, 0.05) is 41.0 Å². The number of aromatic nitrogens is 4. The SMILES string of the molecule is Cc1cc(-c2cc(Cl)cnc2OC(F)F)c(C(=O)Nc2nc3c(s2)CN(C(=O)c2ccc(C(F)F)cn2)C3)cn1. The first-order valence-electron chi connectivity index (χ1n) is 11.5. The highest BCUT2D eigenvalue weighted by Gasteiger charge is 2.29. The van der Waals surface area contributed by atoms with Gasteiger partial charge in [-0.15, -0.1) is 0 Å². The summed E-state index contributed by atoms with van der Waals surface area (Å²) in [6.45, 7) is -1.15. The summed E-state index contributed by atoms with van der Waals surface area (Å²) in [5.41, 5.74) is 1.15. The minimum atomic E-state index is -3.15. The van der Waals surface area contributed by atoms with E-state index in [0.717, 1.165) is 34.7 Å². The number of nitrogens with one attached hydrogen (secondary N) is 1. The van der Waals surface area contributed by atoms with Crippen molar-refractivity contribution in [2.24, 2.45) is 0 Å². The van der Waals surface area contributed by atoms with Crippen molar-refractivity contribution >= 4 is 39.9 Å². The Morgan fingerprint density at radius 1 is 1.05 bits per heavy atom. The second kappa shape index (κ2) is 11.1. The first-order chi connectivity index (χ1) is 19.1. The maximum absolute atomic E-state index is 13.2. The maximum Gasteiger partial charge on any atom is 0.388 e. The topological polar surface area (TPSA) is 110 Å². The van der Waals surface area contributed by atoms with E-state index in [4.69, 9.17) is 11.6 Å². The molecule has 0 bridgehead atoms. The number of carbonyl (C=O) groups is 2. The van der Waals surface area contributed by atoms with Crippen LogP contribution in [0.2, 0.25) is 5.02 Å². The van der Waals surface area contributed by atoms with Gasteiger partial charge < -0.3 is 9.64 Å². The lowest BCUT2D eigenvalue weighted by molar-refractivity contribution is -0.0524. The lowest BCUT2D eigenvalue weighted by Gasteiger charge is -2.15. The van der Waals surface area contributed by atoms with Gasteiger partial charge in [0.2, 0.25) is 5.88 Å². The zero-order valence-electron chi connectivity index (χ0n) is 20.4. The standard InChI is InChI=1S/C25H17ClF4N6O3S/c1-11-4-14(15-5-13(26)7-33-22(15)39-24(29)30)16(8-31-11)21(37)35-25-34-18-9-36(10-19(18)40-25)23(38)17-3-2-12(6-32-17)20(27)28/h2-8,20,24H,9-10H2,1H3,(H,34,35,37). The number of thiazole rings is 1. The van der Waals surface area contributed by atoms with Crippen LogP contribution < -0.4 is 10.1 Å². The molecular formula is C25H17ClF4N6O3S. The highest BCUT2D eigenvalue weighted by Crippen LogP contribution is 2.36. The lowest BCUT2D eigenvalue weighted by Crippen LogP contribution is -2.26. The van der Waals surface area contributed by atoms with E-state index < -0.39 is 30.7 Å². The number of hydrogen-bond acceptors (Lipinski definition) is 8. The summed E-state index contributed by atoms with van der Waals surface area (Å²) in [7, 11) is 0. The average Bonchev–Trinajstić information content (AvgIpc) is 3.48. The van der Waals surface area contributed by atoms with Gasteiger partial charge in [0.05, 0.1) is 34.2 Å². The van der Waals surface area contributed by atoms with Gasteiger partial charge in [-0.1, -0.05) is 22.9 Å². The molecular weight excluding hydrogens is 576 g/mol. The van der Waals surface area contributed by atoms with E-state index >= 15 is 0 Å². The zero-order valence-corrected chi connectivity index (χ0v) is 21.9. The van der Waals surface area contributed by atoms with E-state index in [-0.39, 0.29) is 51.2 Å². The fourth-order valence-corrected chi connectivity index (χ4v) is 5.13. The fraction of sp³-hybridized carbons (Fsp3) is 0.200. The predicted molar refractivity (Wildman–Crippen MR) is 137 cm³/mol. The molecule has 2 amide bonds. The molecule has 0 radical (unpaired) electrons. The van der Waals surface area contributed by atoms with E-state index in [1.165, 1.54) is 29.3 Å². The number of alkyl halides is 4. The molecule has 5 heterocycles. The van der Waals surface area contributed by atoms with Crippen LogP contribution in [0.5, 0.6) is 5.88 Å². The molecule has 0 saturated carbocycles. The van der Waals surface area contributed by atoms with Gasteiger partial charge >= 0.3 is 6.61 Å². The molecule has 0 spiro atoms. The molecule has 1 aliphatic heterocycles. The van der Waals surface area contributed by atoms with Crippen molar-refractivity contribution in [3.05, 3.63) is 81.0 Å². The Labute approximate surface area is 232 Å². The smallest absolute Gasteiger partial charge is 0.388 e.